The quantitative estimate of drug-likeness (QED) is 0.583. The van der Waals surface area contributed by atoms with Crippen molar-refractivity contribution in [2.75, 3.05) is 25.5 Å². The van der Waals surface area contributed by atoms with E-state index in [1.54, 1.807) is 15.9 Å². The summed E-state index contributed by atoms with van der Waals surface area (Å²) < 4.78 is 2.26. The first-order valence-electron chi connectivity index (χ1n) is 9.18. The minimum atomic E-state index is -0.440. The third kappa shape index (κ3) is 4.18. The first kappa shape index (κ1) is 20.3. The molecule has 0 aliphatic heterocycles. The molecule has 1 aromatic carbocycles. The Balaban J connectivity index is 1.82. The highest BCUT2D eigenvalue weighted by molar-refractivity contribution is 7.71. The van der Waals surface area contributed by atoms with E-state index in [2.05, 4.69) is 39.4 Å². The van der Waals surface area contributed by atoms with Gasteiger partial charge in [-0.3, -0.25) is 14.5 Å². The van der Waals surface area contributed by atoms with Gasteiger partial charge in [0.15, 0.2) is 10.6 Å². The van der Waals surface area contributed by atoms with Crippen molar-refractivity contribution in [3.63, 3.8) is 0 Å². The summed E-state index contributed by atoms with van der Waals surface area (Å²) in [6.45, 7) is 5.06. The van der Waals surface area contributed by atoms with Crippen LogP contribution in [0.4, 0.5) is 5.69 Å². The van der Waals surface area contributed by atoms with Crippen LogP contribution >= 0.6 is 23.6 Å². The smallest absolute Gasteiger partial charge is 0.245 e. The zero-order chi connectivity index (χ0) is 20.3. The number of carbonyl (C=O) groups excluding carboxylic acids is 1. The lowest BCUT2D eigenvalue weighted by molar-refractivity contribution is -0.134. The van der Waals surface area contributed by atoms with E-state index in [0.29, 0.717) is 23.7 Å². The van der Waals surface area contributed by atoms with Crippen molar-refractivity contribution in [3.8, 4) is 10.7 Å². The molecular weight excluding hydrogens is 390 g/mol. The molecule has 28 heavy (non-hydrogen) atoms. The molecule has 2 aromatic heterocycles. The highest BCUT2D eigenvalue weighted by atomic mass is 32.1. The van der Waals surface area contributed by atoms with Crippen molar-refractivity contribution in [1.82, 2.24) is 19.7 Å². The van der Waals surface area contributed by atoms with E-state index < -0.39 is 6.04 Å². The summed E-state index contributed by atoms with van der Waals surface area (Å²) in [5, 5.41) is 9.16. The van der Waals surface area contributed by atoms with Gasteiger partial charge in [-0.1, -0.05) is 18.2 Å². The molecule has 0 radical (unpaired) electrons. The molecule has 0 aliphatic carbocycles. The number of H-pyrrole nitrogens is 1. The number of amides is 1. The fourth-order valence-corrected chi connectivity index (χ4v) is 4.08. The topological polar surface area (TPSA) is 57.2 Å². The monoisotopic (exact) mass is 415 g/mol. The molecule has 8 heteroatoms. The Morgan fingerprint density at radius 3 is 2.57 bits per heavy atom. The number of thiophene rings is 1. The molecule has 148 valence electrons. The first-order chi connectivity index (χ1) is 13.4. The molecule has 0 saturated heterocycles. The summed E-state index contributed by atoms with van der Waals surface area (Å²) in [7, 11) is 4.02. The van der Waals surface area contributed by atoms with E-state index in [1.165, 1.54) is 0 Å². The van der Waals surface area contributed by atoms with Crippen LogP contribution in [0, 0.1) is 4.77 Å². The number of aromatic nitrogens is 3. The van der Waals surface area contributed by atoms with Gasteiger partial charge in [0.05, 0.1) is 4.88 Å². The van der Waals surface area contributed by atoms with Crippen LogP contribution in [0.25, 0.3) is 10.7 Å². The van der Waals surface area contributed by atoms with Crippen molar-refractivity contribution in [1.29, 1.82) is 0 Å². The summed E-state index contributed by atoms with van der Waals surface area (Å²) in [6, 6.07) is 11.8. The molecule has 3 rings (SSSR count). The zero-order valence-corrected chi connectivity index (χ0v) is 18.2. The molecule has 1 unspecified atom stereocenters. The van der Waals surface area contributed by atoms with Gasteiger partial charge in [-0.15, -0.1) is 11.3 Å². The van der Waals surface area contributed by atoms with E-state index in [4.69, 9.17) is 12.2 Å². The van der Waals surface area contributed by atoms with Gasteiger partial charge in [0.25, 0.3) is 0 Å². The van der Waals surface area contributed by atoms with Gasteiger partial charge in [0.2, 0.25) is 5.91 Å². The molecule has 0 spiro atoms. The normalized spacial score (nSPS) is 12.0. The van der Waals surface area contributed by atoms with Gasteiger partial charge in [-0.25, -0.2) is 0 Å². The summed E-state index contributed by atoms with van der Waals surface area (Å²) in [4.78, 5) is 18.1. The van der Waals surface area contributed by atoms with Crippen molar-refractivity contribution < 1.29 is 4.79 Å². The van der Waals surface area contributed by atoms with Crippen LogP contribution in [0.3, 0.4) is 0 Å². The van der Waals surface area contributed by atoms with Crippen molar-refractivity contribution in [2.24, 2.45) is 0 Å². The van der Waals surface area contributed by atoms with Gasteiger partial charge in [0, 0.05) is 32.9 Å². The number of nitrogens with zero attached hydrogens (tertiary/aromatic N) is 4. The molecule has 1 N–H and O–H groups in total. The maximum Gasteiger partial charge on any atom is 0.245 e. The van der Waals surface area contributed by atoms with Crippen molar-refractivity contribution in [3.05, 3.63) is 52.1 Å². The summed E-state index contributed by atoms with van der Waals surface area (Å²) in [5.74, 6) is 0.724. The Bertz CT molecular complexity index is 973. The fraction of sp³-hybridized carbons (Fsp3) is 0.350. The highest BCUT2D eigenvalue weighted by Gasteiger charge is 2.25. The van der Waals surface area contributed by atoms with E-state index in [0.717, 1.165) is 16.1 Å². The minimum absolute atomic E-state index is 0.0227. The Labute approximate surface area is 174 Å². The Hall–Kier alpha value is -2.45. The van der Waals surface area contributed by atoms with Gasteiger partial charge in [-0.2, -0.15) is 5.10 Å². The van der Waals surface area contributed by atoms with Crippen molar-refractivity contribution >= 4 is 35.1 Å². The SMILES string of the molecule is CCN(Cc1ccc(N(C)C)cc1)C(=O)C(C)n1c(-c2cccs2)n[nH]c1=S. The molecule has 3 aromatic rings. The molecular formula is C20H25N5OS2. The van der Waals surface area contributed by atoms with Crippen LogP contribution in [0.2, 0.25) is 0 Å². The Kier molecular flexibility index (Phi) is 6.31. The summed E-state index contributed by atoms with van der Waals surface area (Å²) >= 11 is 6.98. The lowest BCUT2D eigenvalue weighted by Crippen LogP contribution is -2.36. The van der Waals surface area contributed by atoms with Crippen molar-refractivity contribution in [2.45, 2.75) is 26.4 Å². The number of carbonyl (C=O) groups is 1. The number of hydrogen-bond donors (Lipinski definition) is 1. The van der Waals surface area contributed by atoms with Crippen LogP contribution in [-0.2, 0) is 11.3 Å². The maximum atomic E-state index is 13.2. The zero-order valence-electron chi connectivity index (χ0n) is 16.5. The minimum Gasteiger partial charge on any atom is -0.378 e. The number of aromatic amines is 1. The average Bonchev–Trinajstić information content (AvgIpc) is 3.34. The maximum absolute atomic E-state index is 13.2. The van der Waals surface area contributed by atoms with Gasteiger partial charge in [-0.05, 0) is 55.2 Å². The predicted molar refractivity (Wildman–Crippen MR) is 117 cm³/mol. The molecule has 1 amide bonds. The van der Waals surface area contributed by atoms with Crippen LogP contribution in [0.15, 0.2) is 41.8 Å². The molecule has 0 bridgehead atoms. The average molecular weight is 416 g/mol. The summed E-state index contributed by atoms with van der Waals surface area (Å²) in [5.41, 5.74) is 2.24. The molecule has 1 atom stereocenters. The number of hydrogen-bond acceptors (Lipinski definition) is 5. The van der Waals surface area contributed by atoms with E-state index in [-0.39, 0.29) is 5.91 Å². The molecule has 0 saturated carbocycles. The van der Waals surface area contributed by atoms with E-state index in [1.807, 2.05) is 50.4 Å². The lowest BCUT2D eigenvalue weighted by atomic mass is 10.1. The largest absolute Gasteiger partial charge is 0.378 e. The second-order valence-corrected chi connectivity index (χ2v) is 8.12. The van der Waals surface area contributed by atoms with Crippen LogP contribution in [0.5, 0.6) is 0 Å². The number of rotatable bonds is 7. The van der Waals surface area contributed by atoms with Gasteiger partial charge < -0.3 is 9.80 Å². The third-order valence-electron chi connectivity index (χ3n) is 4.71. The number of likely N-dealkylation sites (N-methyl/N-ethyl adjacent to an activating group) is 1. The highest BCUT2D eigenvalue weighted by Crippen LogP contribution is 2.26. The lowest BCUT2D eigenvalue weighted by Gasteiger charge is -2.26. The van der Waals surface area contributed by atoms with Gasteiger partial charge in [0.1, 0.15) is 6.04 Å². The molecule has 0 aliphatic rings. The van der Waals surface area contributed by atoms with E-state index >= 15 is 0 Å². The van der Waals surface area contributed by atoms with Crippen LogP contribution in [-0.4, -0.2) is 46.2 Å². The number of benzene rings is 1. The van der Waals surface area contributed by atoms with E-state index in [9.17, 15) is 4.79 Å². The van der Waals surface area contributed by atoms with Crippen LogP contribution in [0.1, 0.15) is 25.5 Å². The molecule has 0 fully saturated rings. The Morgan fingerprint density at radius 1 is 1.29 bits per heavy atom. The fourth-order valence-electron chi connectivity index (χ4n) is 3.08. The standard InChI is InChI=1S/C20H25N5OS2/c1-5-24(13-15-8-10-16(11-9-15)23(3)4)19(26)14(2)25-18(21-22-20(25)27)17-7-6-12-28-17/h6-12,14H,5,13H2,1-4H3,(H,22,27). The second kappa shape index (κ2) is 8.70. The molecule has 6 nitrogen and oxygen atoms in total. The third-order valence-corrected chi connectivity index (χ3v) is 5.86. The van der Waals surface area contributed by atoms with Crippen LogP contribution < -0.4 is 4.90 Å². The number of nitrogens with one attached hydrogen (secondary N) is 1. The first-order valence-corrected chi connectivity index (χ1v) is 10.5. The second-order valence-electron chi connectivity index (χ2n) is 6.79. The molecule has 2 heterocycles. The summed E-state index contributed by atoms with van der Waals surface area (Å²) in [6.07, 6.45) is 0. The predicted octanol–water partition coefficient (Wildman–Crippen LogP) is 4.34. The number of anilines is 1. The Morgan fingerprint density at radius 2 is 2.00 bits per heavy atom. The van der Waals surface area contributed by atoms with Gasteiger partial charge >= 0.3 is 0 Å².